The van der Waals surface area contributed by atoms with E-state index in [9.17, 15) is 23.1 Å². The second kappa shape index (κ2) is 11.0. The molecule has 4 N–H and O–H groups in total. The molecule has 0 saturated carbocycles. The Morgan fingerprint density at radius 1 is 1.12 bits per heavy atom. The zero-order valence-corrected chi connectivity index (χ0v) is 22.9. The second-order valence-corrected chi connectivity index (χ2v) is 11.3. The van der Waals surface area contributed by atoms with Gasteiger partial charge in [0.25, 0.3) is 0 Å². The molecule has 6 rings (SSSR count). The predicted octanol–water partition coefficient (Wildman–Crippen LogP) is 4.77. The summed E-state index contributed by atoms with van der Waals surface area (Å²) in [5, 5.41) is 12.4. The largest absolute Gasteiger partial charge is 0.493 e. The molecule has 2 fully saturated rings. The summed E-state index contributed by atoms with van der Waals surface area (Å²) >= 11 is 0. The van der Waals surface area contributed by atoms with Gasteiger partial charge in [-0.3, -0.25) is 4.79 Å². The number of piperidine rings is 1. The van der Waals surface area contributed by atoms with Crippen molar-refractivity contribution in [1.29, 1.82) is 0 Å². The van der Waals surface area contributed by atoms with Gasteiger partial charge in [0.2, 0.25) is 17.9 Å². The Morgan fingerprint density at radius 3 is 2.55 bits per heavy atom. The van der Waals surface area contributed by atoms with Crippen LogP contribution in [-0.2, 0) is 11.2 Å². The van der Waals surface area contributed by atoms with E-state index in [2.05, 4.69) is 15.3 Å². The van der Waals surface area contributed by atoms with Crippen molar-refractivity contribution in [2.24, 2.45) is 5.41 Å². The number of carboxylic acids is 1. The highest BCUT2D eigenvalue weighted by atomic mass is 19.4. The standard InChI is InChI=1S/C30H32F3N5O4/c31-30(32,33)26(19-5-3-18(4-6-19)20-7-8-23-21(14-20)2-1-13-41-23)42-25-15-24(36-28(34)37-25)38-11-9-29(10-12-38)16-22(27(39)40)35-17-29/h3-8,14-15,22,26,35H,1-2,9-13,16-17H2,(H,39,40)(H2,34,36,37)/t22?,26-/m1/s1. The molecule has 1 aromatic heterocycles. The third kappa shape index (κ3) is 5.80. The predicted molar refractivity (Wildman–Crippen MR) is 149 cm³/mol. The number of hydrogen-bond acceptors (Lipinski definition) is 8. The molecule has 42 heavy (non-hydrogen) atoms. The number of ether oxygens (including phenoxy) is 2. The molecule has 3 aliphatic heterocycles. The number of fused-ring (bicyclic) bond motifs is 1. The van der Waals surface area contributed by atoms with Crippen molar-refractivity contribution in [3.05, 3.63) is 59.7 Å². The number of rotatable bonds is 6. The van der Waals surface area contributed by atoms with E-state index in [1.807, 2.05) is 23.1 Å². The highest BCUT2D eigenvalue weighted by molar-refractivity contribution is 5.74. The Bertz CT molecular complexity index is 1460. The summed E-state index contributed by atoms with van der Waals surface area (Å²) in [7, 11) is 0. The van der Waals surface area contributed by atoms with Gasteiger partial charge in [-0.1, -0.05) is 30.3 Å². The Hall–Kier alpha value is -4.06. The third-order valence-corrected chi connectivity index (χ3v) is 8.50. The quantitative estimate of drug-likeness (QED) is 0.377. The summed E-state index contributed by atoms with van der Waals surface area (Å²) in [5.74, 6) is -0.0960. The van der Waals surface area contributed by atoms with E-state index < -0.39 is 24.3 Å². The SMILES string of the molecule is Nc1nc(O[C@H](c2ccc(-c3ccc4c(c3)CCCO4)cc2)C(F)(F)F)cc(N2CCC3(CC2)CNC(C(=O)O)C3)n1. The van der Waals surface area contributed by atoms with E-state index >= 15 is 0 Å². The number of anilines is 2. The van der Waals surface area contributed by atoms with Crippen molar-refractivity contribution in [1.82, 2.24) is 15.3 Å². The van der Waals surface area contributed by atoms with Crippen LogP contribution in [-0.4, -0.2) is 59.5 Å². The van der Waals surface area contributed by atoms with Gasteiger partial charge in [0, 0.05) is 31.3 Å². The van der Waals surface area contributed by atoms with Crippen LogP contribution >= 0.6 is 0 Å². The molecule has 0 aliphatic carbocycles. The van der Waals surface area contributed by atoms with Gasteiger partial charge in [-0.15, -0.1) is 0 Å². The maximum atomic E-state index is 14.2. The summed E-state index contributed by atoms with van der Waals surface area (Å²) < 4.78 is 53.9. The Kier molecular flexibility index (Phi) is 7.34. The zero-order chi connectivity index (χ0) is 29.5. The highest BCUT2D eigenvalue weighted by Crippen LogP contribution is 2.42. The van der Waals surface area contributed by atoms with Crippen LogP contribution in [0.3, 0.4) is 0 Å². The lowest BCUT2D eigenvalue weighted by Gasteiger charge is -2.39. The smallest absolute Gasteiger partial charge is 0.429 e. The number of aromatic nitrogens is 2. The number of alkyl halides is 3. The van der Waals surface area contributed by atoms with E-state index in [1.165, 1.54) is 18.2 Å². The zero-order valence-electron chi connectivity index (χ0n) is 22.9. The van der Waals surface area contributed by atoms with E-state index in [-0.39, 0.29) is 22.8 Å². The molecule has 2 atom stereocenters. The number of nitrogens with two attached hydrogens (primary N) is 1. The number of hydrogen-bond donors (Lipinski definition) is 3. The first-order valence-corrected chi connectivity index (χ1v) is 14.0. The monoisotopic (exact) mass is 583 g/mol. The first-order valence-electron chi connectivity index (χ1n) is 14.0. The van der Waals surface area contributed by atoms with Crippen LogP contribution < -0.4 is 25.4 Å². The minimum atomic E-state index is -4.71. The first kappa shape index (κ1) is 28.1. The Balaban J connectivity index is 1.18. The van der Waals surface area contributed by atoms with Gasteiger partial charge in [-0.2, -0.15) is 23.1 Å². The molecule has 2 saturated heterocycles. The fourth-order valence-electron chi connectivity index (χ4n) is 6.17. The summed E-state index contributed by atoms with van der Waals surface area (Å²) in [5.41, 5.74) is 8.48. The molecule has 3 aliphatic rings. The van der Waals surface area contributed by atoms with Gasteiger partial charge in [0.15, 0.2) is 0 Å². The molecule has 0 amide bonds. The highest BCUT2D eigenvalue weighted by Gasteiger charge is 2.45. The summed E-state index contributed by atoms with van der Waals surface area (Å²) in [6, 6.07) is 12.8. The van der Waals surface area contributed by atoms with Gasteiger partial charge in [-0.05, 0) is 66.3 Å². The van der Waals surface area contributed by atoms with Gasteiger partial charge < -0.3 is 30.5 Å². The van der Waals surface area contributed by atoms with Crippen molar-refractivity contribution in [3.8, 4) is 22.8 Å². The lowest BCUT2D eigenvalue weighted by atomic mass is 9.76. The maximum Gasteiger partial charge on any atom is 0.429 e. The summed E-state index contributed by atoms with van der Waals surface area (Å²) in [6.07, 6.45) is -3.15. The lowest BCUT2D eigenvalue weighted by Crippen LogP contribution is -2.41. The minimum Gasteiger partial charge on any atom is -0.493 e. The topological polar surface area (TPSA) is 123 Å². The van der Waals surface area contributed by atoms with E-state index in [4.69, 9.17) is 15.2 Å². The van der Waals surface area contributed by atoms with Crippen molar-refractivity contribution >= 4 is 17.7 Å². The van der Waals surface area contributed by atoms with Crippen molar-refractivity contribution < 1.29 is 32.5 Å². The Morgan fingerprint density at radius 2 is 1.86 bits per heavy atom. The fourth-order valence-corrected chi connectivity index (χ4v) is 6.17. The number of benzene rings is 2. The van der Waals surface area contributed by atoms with Crippen molar-refractivity contribution in [2.75, 3.05) is 36.9 Å². The number of aliphatic carboxylic acids is 1. The van der Waals surface area contributed by atoms with Crippen LogP contribution in [0.15, 0.2) is 48.5 Å². The fraction of sp³-hybridized carbons (Fsp3) is 0.433. The second-order valence-electron chi connectivity index (χ2n) is 11.3. The molecule has 0 radical (unpaired) electrons. The lowest BCUT2D eigenvalue weighted by molar-refractivity contribution is -0.198. The molecule has 2 aromatic carbocycles. The van der Waals surface area contributed by atoms with Gasteiger partial charge >= 0.3 is 12.1 Å². The summed E-state index contributed by atoms with van der Waals surface area (Å²) in [4.78, 5) is 21.5. The average molecular weight is 584 g/mol. The van der Waals surface area contributed by atoms with Gasteiger partial charge in [0.05, 0.1) is 6.61 Å². The number of carbonyl (C=O) groups is 1. The number of halogens is 3. The average Bonchev–Trinajstić information content (AvgIpc) is 3.39. The third-order valence-electron chi connectivity index (χ3n) is 8.50. The number of nitrogens with one attached hydrogen (secondary N) is 1. The van der Waals surface area contributed by atoms with Crippen LogP contribution in [0, 0.1) is 5.41 Å². The minimum absolute atomic E-state index is 0.0621. The molecular formula is C30H32F3N5O4. The number of nitrogens with zero attached hydrogens (tertiary/aromatic N) is 3. The van der Waals surface area contributed by atoms with Crippen LogP contribution in [0.4, 0.5) is 24.9 Å². The van der Waals surface area contributed by atoms with Crippen LogP contribution in [0.25, 0.3) is 11.1 Å². The molecule has 1 spiro atoms. The number of nitrogen functional groups attached to an aromatic ring is 1. The van der Waals surface area contributed by atoms with E-state index in [1.54, 1.807) is 12.1 Å². The molecule has 3 aromatic rings. The van der Waals surface area contributed by atoms with Crippen LogP contribution in [0.5, 0.6) is 11.6 Å². The van der Waals surface area contributed by atoms with E-state index in [0.717, 1.165) is 48.1 Å². The first-order chi connectivity index (χ1) is 20.1. The molecule has 0 bridgehead atoms. The van der Waals surface area contributed by atoms with Crippen molar-refractivity contribution in [3.63, 3.8) is 0 Å². The maximum absolute atomic E-state index is 14.2. The summed E-state index contributed by atoms with van der Waals surface area (Å²) in [6.45, 7) is 2.42. The number of carboxylic acid groups (broad SMARTS) is 1. The Labute approximate surface area is 240 Å². The van der Waals surface area contributed by atoms with E-state index in [0.29, 0.717) is 38.5 Å². The molecule has 222 valence electrons. The van der Waals surface area contributed by atoms with Crippen molar-refractivity contribution in [2.45, 2.75) is 50.4 Å². The molecule has 1 unspecified atom stereocenters. The van der Waals surface area contributed by atoms with Crippen LogP contribution in [0.1, 0.15) is 42.9 Å². The van der Waals surface area contributed by atoms with Gasteiger partial charge in [0.1, 0.15) is 17.6 Å². The molecule has 4 heterocycles. The molecule has 9 nitrogen and oxygen atoms in total. The van der Waals surface area contributed by atoms with Gasteiger partial charge in [-0.25, -0.2) is 0 Å². The number of aryl methyl sites for hydroxylation is 1. The molecule has 12 heteroatoms. The van der Waals surface area contributed by atoms with Crippen LogP contribution in [0.2, 0.25) is 0 Å². The molecular weight excluding hydrogens is 551 g/mol. The normalized spacial score (nSPS) is 20.5.